The Hall–Kier alpha value is -3.32. The maximum absolute atomic E-state index is 10.6. The van der Waals surface area contributed by atoms with Crippen LogP contribution >= 0.6 is 0 Å². The number of β-amino-alcohol motifs (C(OH)–C–C–N with tert-alkyl or cyclic N) is 2. The van der Waals surface area contributed by atoms with Gasteiger partial charge in [0.15, 0.2) is 0 Å². The molecule has 0 aromatic heterocycles. The molecule has 2 heterocycles. The van der Waals surface area contributed by atoms with E-state index in [0.717, 1.165) is 63.7 Å². The monoisotopic (exact) mass is 502 g/mol. The fourth-order valence-corrected chi connectivity index (χ4v) is 4.31. The van der Waals surface area contributed by atoms with Crippen molar-refractivity contribution >= 4 is 22.7 Å². The van der Waals surface area contributed by atoms with E-state index < -0.39 is 0 Å². The van der Waals surface area contributed by atoms with Gasteiger partial charge in [-0.1, -0.05) is 0 Å². The zero-order valence-electron chi connectivity index (χ0n) is 20.3. The first-order valence-electron chi connectivity index (χ1n) is 12.1. The Kier molecular flexibility index (Phi) is 10.4. The largest absolute Gasteiger partial charge is 0.395 e. The van der Waals surface area contributed by atoms with Crippen molar-refractivity contribution in [1.29, 1.82) is 0 Å². The molecular weight excluding hydrogens is 468 g/mol. The summed E-state index contributed by atoms with van der Waals surface area (Å²) in [6.07, 6.45) is 0. The first kappa shape index (κ1) is 27.3. The van der Waals surface area contributed by atoms with Gasteiger partial charge in [-0.2, -0.15) is 0 Å². The van der Waals surface area contributed by atoms with E-state index in [2.05, 4.69) is 19.6 Å². The molecule has 0 bridgehead atoms. The fraction of sp³-hybridized carbons (Fsp3) is 0.500. The van der Waals surface area contributed by atoms with Crippen molar-refractivity contribution in [3.63, 3.8) is 0 Å². The molecule has 12 nitrogen and oxygen atoms in total. The Morgan fingerprint density at radius 1 is 0.583 bits per heavy atom. The van der Waals surface area contributed by atoms with E-state index in [4.69, 9.17) is 10.2 Å². The Morgan fingerprint density at radius 3 is 1.14 bits per heavy atom. The Bertz CT molecular complexity index is 879. The van der Waals surface area contributed by atoms with Gasteiger partial charge < -0.3 is 20.0 Å². The van der Waals surface area contributed by atoms with Crippen molar-refractivity contribution < 1.29 is 20.1 Å². The highest BCUT2D eigenvalue weighted by Crippen LogP contribution is 2.21. The van der Waals surface area contributed by atoms with Crippen molar-refractivity contribution in [2.75, 3.05) is 88.5 Å². The molecule has 2 aromatic rings. The number of aliphatic hydroxyl groups is 2. The summed E-state index contributed by atoms with van der Waals surface area (Å²) in [5.74, 6) is 0. The topological polar surface area (TPSA) is 140 Å². The maximum Gasteiger partial charge on any atom is 0.269 e. The third kappa shape index (κ3) is 7.85. The number of aliphatic hydroxyl groups excluding tert-OH is 2. The molecule has 2 aliphatic heterocycles. The van der Waals surface area contributed by atoms with Gasteiger partial charge in [0.2, 0.25) is 0 Å². The molecular formula is C24H34N6O6. The van der Waals surface area contributed by atoms with Crippen molar-refractivity contribution in [2.24, 2.45) is 0 Å². The molecule has 0 saturated carbocycles. The second kappa shape index (κ2) is 13.7. The molecule has 2 saturated heterocycles. The van der Waals surface area contributed by atoms with Crippen molar-refractivity contribution in [3.05, 3.63) is 68.8 Å². The number of piperazine rings is 2. The Labute approximate surface area is 210 Å². The lowest BCUT2D eigenvalue weighted by atomic mass is 10.2. The molecule has 0 atom stereocenters. The highest BCUT2D eigenvalue weighted by Gasteiger charge is 2.18. The number of non-ortho nitro benzene ring substituents is 2. The lowest BCUT2D eigenvalue weighted by Crippen LogP contribution is -2.47. The highest BCUT2D eigenvalue weighted by molar-refractivity contribution is 5.52. The van der Waals surface area contributed by atoms with Crippen LogP contribution in [0.4, 0.5) is 22.7 Å². The minimum Gasteiger partial charge on any atom is -0.395 e. The summed E-state index contributed by atoms with van der Waals surface area (Å²) in [7, 11) is 0. The number of hydrogen-bond donors (Lipinski definition) is 2. The first-order chi connectivity index (χ1) is 17.4. The van der Waals surface area contributed by atoms with Gasteiger partial charge >= 0.3 is 0 Å². The quantitative estimate of drug-likeness (QED) is 0.402. The summed E-state index contributed by atoms with van der Waals surface area (Å²) in [5, 5.41) is 38.9. The standard InChI is InChI=1S/2C12H17N3O3/c2*16-10-9-13-5-7-14(8-6-13)11-1-3-12(4-2-11)15(17)18/h2*1-4,16H,5-10H2. The minimum atomic E-state index is -0.386. The summed E-state index contributed by atoms with van der Waals surface area (Å²) in [4.78, 5) is 29.2. The normalized spacial score (nSPS) is 16.8. The van der Waals surface area contributed by atoms with Gasteiger partial charge in [0.25, 0.3) is 11.4 Å². The van der Waals surface area contributed by atoms with Gasteiger partial charge in [-0.3, -0.25) is 30.0 Å². The minimum absolute atomic E-state index is 0.123. The molecule has 2 N–H and O–H groups in total. The molecule has 196 valence electrons. The van der Waals surface area contributed by atoms with Crippen LogP contribution in [0.5, 0.6) is 0 Å². The number of benzene rings is 2. The predicted molar refractivity (Wildman–Crippen MR) is 138 cm³/mol. The molecule has 12 heteroatoms. The Balaban J connectivity index is 0.000000201. The number of hydrogen-bond acceptors (Lipinski definition) is 10. The van der Waals surface area contributed by atoms with Gasteiger partial charge in [0.1, 0.15) is 0 Å². The Morgan fingerprint density at radius 2 is 0.889 bits per heavy atom. The molecule has 2 aliphatic rings. The zero-order valence-corrected chi connectivity index (χ0v) is 20.3. The average molecular weight is 503 g/mol. The smallest absolute Gasteiger partial charge is 0.269 e. The molecule has 4 rings (SSSR count). The van der Waals surface area contributed by atoms with Crippen molar-refractivity contribution in [2.45, 2.75) is 0 Å². The second-order valence-corrected chi connectivity index (χ2v) is 8.65. The molecule has 2 aromatic carbocycles. The third-order valence-corrected chi connectivity index (χ3v) is 6.43. The van der Waals surface area contributed by atoms with Gasteiger partial charge in [-0.05, 0) is 24.3 Å². The zero-order chi connectivity index (χ0) is 25.9. The van der Waals surface area contributed by atoms with Crippen molar-refractivity contribution in [1.82, 2.24) is 9.80 Å². The summed E-state index contributed by atoms with van der Waals surface area (Å²) >= 11 is 0. The number of anilines is 2. The SMILES string of the molecule is O=[N+]([O-])c1ccc(N2CCN(CCO)CC2)cc1.O=[N+]([O-])c1ccc(N2CCN(CCO)CC2)cc1. The van der Waals surface area contributed by atoms with Crippen LogP contribution in [0, 0.1) is 20.2 Å². The molecule has 0 spiro atoms. The van der Waals surface area contributed by atoms with Gasteiger partial charge in [0.05, 0.1) is 23.1 Å². The fourth-order valence-electron chi connectivity index (χ4n) is 4.31. The molecule has 0 amide bonds. The lowest BCUT2D eigenvalue weighted by Gasteiger charge is -2.35. The summed E-state index contributed by atoms with van der Waals surface area (Å²) in [6.45, 7) is 9.02. The van der Waals surface area contributed by atoms with E-state index >= 15 is 0 Å². The van der Waals surface area contributed by atoms with E-state index in [-0.39, 0.29) is 34.4 Å². The van der Waals surface area contributed by atoms with Gasteiger partial charge in [-0.15, -0.1) is 0 Å². The molecule has 0 aliphatic carbocycles. The number of rotatable bonds is 8. The van der Waals surface area contributed by atoms with Crippen LogP contribution in [0.3, 0.4) is 0 Å². The lowest BCUT2D eigenvalue weighted by molar-refractivity contribution is -0.385. The number of nitro benzene ring substituents is 2. The molecule has 36 heavy (non-hydrogen) atoms. The van der Waals surface area contributed by atoms with Crippen LogP contribution in [0.15, 0.2) is 48.5 Å². The molecule has 2 fully saturated rings. The average Bonchev–Trinajstić information content (AvgIpc) is 2.90. The van der Waals surface area contributed by atoms with E-state index in [1.54, 1.807) is 24.3 Å². The maximum atomic E-state index is 10.6. The molecule has 0 radical (unpaired) electrons. The summed E-state index contributed by atoms with van der Waals surface area (Å²) in [5.41, 5.74) is 2.28. The predicted octanol–water partition coefficient (Wildman–Crippen LogP) is 1.42. The summed E-state index contributed by atoms with van der Waals surface area (Å²) in [6, 6.07) is 13.3. The highest BCUT2D eigenvalue weighted by atomic mass is 16.6. The van der Waals surface area contributed by atoms with E-state index in [1.807, 2.05) is 0 Å². The van der Waals surface area contributed by atoms with Gasteiger partial charge in [-0.25, -0.2) is 0 Å². The molecule has 0 unspecified atom stereocenters. The van der Waals surface area contributed by atoms with Crippen LogP contribution in [-0.2, 0) is 0 Å². The summed E-state index contributed by atoms with van der Waals surface area (Å²) < 4.78 is 0. The van der Waals surface area contributed by atoms with E-state index in [9.17, 15) is 20.2 Å². The van der Waals surface area contributed by atoms with Crippen LogP contribution in [0.25, 0.3) is 0 Å². The second-order valence-electron chi connectivity index (χ2n) is 8.65. The number of nitro groups is 2. The van der Waals surface area contributed by atoms with Crippen LogP contribution < -0.4 is 9.80 Å². The van der Waals surface area contributed by atoms with Gasteiger partial charge in [0, 0.05) is 101 Å². The van der Waals surface area contributed by atoms with E-state index in [1.165, 1.54) is 24.3 Å². The van der Waals surface area contributed by atoms with Crippen LogP contribution in [-0.4, -0.2) is 109 Å². The van der Waals surface area contributed by atoms with Crippen LogP contribution in [0.2, 0.25) is 0 Å². The first-order valence-corrected chi connectivity index (χ1v) is 12.1. The van der Waals surface area contributed by atoms with Crippen molar-refractivity contribution in [3.8, 4) is 0 Å². The van der Waals surface area contributed by atoms with E-state index in [0.29, 0.717) is 13.1 Å². The third-order valence-electron chi connectivity index (χ3n) is 6.43. The van der Waals surface area contributed by atoms with Crippen LogP contribution in [0.1, 0.15) is 0 Å². The number of nitrogens with zero attached hydrogens (tertiary/aromatic N) is 6.